The number of aromatic amines is 1. The highest BCUT2D eigenvalue weighted by molar-refractivity contribution is 6.33. The summed E-state index contributed by atoms with van der Waals surface area (Å²) in [6, 6.07) is 5.12. The SMILES string of the molecule is NNC(Cc1cc(Cl)ccc1Cl)c1ncn[nH]1. The third-order valence-corrected chi connectivity index (χ3v) is 3.00. The Bertz CT molecular complexity index is 485. The molecular formula is C10H11Cl2N5. The Morgan fingerprint density at radius 2 is 2.24 bits per heavy atom. The summed E-state index contributed by atoms with van der Waals surface area (Å²) in [6.07, 6.45) is 2.00. The van der Waals surface area contributed by atoms with Gasteiger partial charge in [-0.2, -0.15) is 5.10 Å². The fraction of sp³-hybridized carbons (Fsp3) is 0.200. The summed E-state index contributed by atoms with van der Waals surface area (Å²) in [4.78, 5) is 4.05. The Balaban J connectivity index is 2.21. The molecule has 0 aliphatic heterocycles. The van der Waals surface area contributed by atoms with Crippen molar-refractivity contribution < 1.29 is 0 Å². The van der Waals surface area contributed by atoms with Crippen molar-refractivity contribution in [1.29, 1.82) is 0 Å². The number of H-pyrrole nitrogens is 1. The highest BCUT2D eigenvalue weighted by Crippen LogP contribution is 2.24. The zero-order valence-corrected chi connectivity index (χ0v) is 10.3. The van der Waals surface area contributed by atoms with Crippen molar-refractivity contribution >= 4 is 23.2 Å². The molecule has 0 aliphatic rings. The predicted molar refractivity (Wildman–Crippen MR) is 66.6 cm³/mol. The average molecular weight is 272 g/mol. The van der Waals surface area contributed by atoms with Gasteiger partial charge in [0.05, 0.1) is 6.04 Å². The van der Waals surface area contributed by atoms with Crippen LogP contribution >= 0.6 is 23.2 Å². The van der Waals surface area contributed by atoms with E-state index in [4.69, 9.17) is 29.0 Å². The van der Waals surface area contributed by atoms with Crippen LogP contribution < -0.4 is 11.3 Å². The number of nitrogens with one attached hydrogen (secondary N) is 2. The number of hydrazine groups is 1. The van der Waals surface area contributed by atoms with E-state index < -0.39 is 0 Å². The summed E-state index contributed by atoms with van der Waals surface area (Å²) in [5.41, 5.74) is 3.57. The van der Waals surface area contributed by atoms with Gasteiger partial charge in [-0.25, -0.2) is 10.4 Å². The van der Waals surface area contributed by atoms with E-state index in [0.29, 0.717) is 22.3 Å². The number of hydrogen-bond donors (Lipinski definition) is 3. The highest BCUT2D eigenvalue weighted by Gasteiger charge is 2.15. The second kappa shape index (κ2) is 5.46. The number of rotatable bonds is 4. The van der Waals surface area contributed by atoms with Crippen molar-refractivity contribution in [3.63, 3.8) is 0 Å². The summed E-state index contributed by atoms with van der Waals surface area (Å²) in [6.45, 7) is 0. The fourth-order valence-corrected chi connectivity index (χ4v) is 1.93. The van der Waals surface area contributed by atoms with E-state index in [1.54, 1.807) is 12.1 Å². The van der Waals surface area contributed by atoms with Crippen LogP contribution in [0.15, 0.2) is 24.5 Å². The minimum Gasteiger partial charge on any atom is -0.271 e. The van der Waals surface area contributed by atoms with Gasteiger partial charge in [-0.05, 0) is 30.2 Å². The van der Waals surface area contributed by atoms with E-state index in [0.717, 1.165) is 5.56 Å². The van der Waals surface area contributed by atoms with Crippen LogP contribution in [-0.4, -0.2) is 15.2 Å². The van der Waals surface area contributed by atoms with Gasteiger partial charge in [-0.3, -0.25) is 10.9 Å². The summed E-state index contributed by atoms with van der Waals surface area (Å²) in [5.74, 6) is 6.14. The Hall–Kier alpha value is -1.14. The number of benzene rings is 1. The van der Waals surface area contributed by atoms with Gasteiger partial charge in [0, 0.05) is 10.0 Å². The van der Waals surface area contributed by atoms with Crippen LogP contribution in [0.3, 0.4) is 0 Å². The first-order valence-corrected chi connectivity index (χ1v) is 5.71. The lowest BCUT2D eigenvalue weighted by atomic mass is 10.1. The smallest absolute Gasteiger partial charge is 0.143 e. The van der Waals surface area contributed by atoms with Gasteiger partial charge in [0.15, 0.2) is 0 Å². The van der Waals surface area contributed by atoms with Crippen molar-refractivity contribution in [2.24, 2.45) is 5.84 Å². The standard InChI is InChI=1S/C10H11Cl2N5/c11-7-1-2-8(12)6(3-7)4-9(16-13)10-14-5-15-17-10/h1-3,5,9,16H,4,13H2,(H,14,15,17). The first-order valence-electron chi connectivity index (χ1n) is 4.96. The second-order valence-corrected chi connectivity index (χ2v) is 4.37. The molecule has 0 amide bonds. The van der Waals surface area contributed by atoms with Gasteiger partial charge in [-0.15, -0.1) is 0 Å². The Morgan fingerprint density at radius 3 is 2.88 bits per heavy atom. The van der Waals surface area contributed by atoms with Crippen molar-refractivity contribution in [2.45, 2.75) is 12.5 Å². The largest absolute Gasteiger partial charge is 0.271 e. The number of halogens is 2. The summed E-state index contributed by atoms with van der Waals surface area (Å²) in [7, 11) is 0. The lowest BCUT2D eigenvalue weighted by Crippen LogP contribution is -2.30. The molecular weight excluding hydrogens is 261 g/mol. The minimum absolute atomic E-state index is 0.187. The molecule has 0 saturated carbocycles. The highest BCUT2D eigenvalue weighted by atomic mass is 35.5. The molecule has 1 atom stereocenters. The Kier molecular flexibility index (Phi) is 3.96. The van der Waals surface area contributed by atoms with Crippen LogP contribution in [0.25, 0.3) is 0 Å². The lowest BCUT2D eigenvalue weighted by Gasteiger charge is -2.14. The molecule has 1 aromatic carbocycles. The van der Waals surface area contributed by atoms with Gasteiger partial charge < -0.3 is 0 Å². The van der Waals surface area contributed by atoms with E-state index in [1.165, 1.54) is 6.33 Å². The number of nitrogens with two attached hydrogens (primary N) is 1. The van der Waals surface area contributed by atoms with Gasteiger partial charge >= 0.3 is 0 Å². The molecule has 4 N–H and O–H groups in total. The maximum Gasteiger partial charge on any atom is 0.143 e. The quantitative estimate of drug-likeness (QED) is 0.586. The monoisotopic (exact) mass is 271 g/mol. The van der Waals surface area contributed by atoms with E-state index in [9.17, 15) is 0 Å². The van der Waals surface area contributed by atoms with Crippen molar-refractivity contribution in [1.82, 2.24) is 20.6 Å². The Morgan fingerprint density at radius 1 is 1.41 bits per heavy atom. The average Bonchev–Trinajstić information content (AvgIpc) is 2.84. The van der Waals surface area contributed by atoms with Crippen LogP contribution in [0.2, 0.25) is 10.0 Å². The molecule has 1 unspecified atom stereocenters. The zero-order valence-electron chi connectivity index (χ0n) is 8.82. The van der Waals surface area contributed by atoms with Crippen LogP contribution in [-0.2, 0) is 6.42 Å². The maximum atomic E-state index is 6.09. The normalized spacial score (nSPS) is 12.6. The molecule has 0 bridgehead atoms. The lowest BCUT2D eigenvalue weighted by molar-refractivity contribution is 0.525. The molecule has 17 heavy (non-hydrogen) atoms. The molecule has 90 valence electrons. The molecule has 2 aromatic rings. The summed E-state index contributed by atoms with van der Waals surface area (Å²) >= 11 is 12.0. The molecule has 0 spiro atoms. The predicted octanol–water partition coefficient (Wildman–Crippen LogP) is 1.86. The van der Waals surface area contributed by atoms with Crippen LogP contribution in [0, 0.1) is 0 Å². The molecule has 7 heteroatoms. The molecule has 5 nitrogen and oxygen atoms in total. The van der Waals surface area contributed by atoms with E-state index in [-0.39, 0.29) is 6.04 Å². The molecule has 2 rings (SSSR count). The van der Waals surface area contributed by atoms with Gasteiger partial charge in [0.25, 0.3) is 0 Å². The topological polar surface area (TPSA) is 79.6 Å². The second-order valence-electron chi connectivity index (χ2n) is 3.53. The molecule has 0 saturated heterocycles. The molecule has 1 heterocycles. The van der Waals surface area contributed by atoms with Crippen LogP contribution in [0.4, 0.5) is 0 Å². The molecule has 1 aromatic heterocycles. The number of nitrogens with zero attached hydrogens (tertiary/aromatic N) is 2. The van der Waals surface area contributed by atoms with E-state index >= 15 is 0 Å². The first kappa shape index (κ1) is 12.3. The van der Waals surface area contributed by atoms with Gasteiger partial charge in [0.1, 0.15) is 12.2 Å². The summed E-state index contributed by atoms with van der Waals surface area (Å²) in [5, 5.41) is 7.83. The van der Waals surface area contributed by atoms with E-state index in [1.807, 2.05) is 6.07 Å². The van der Waals surface area contributed by atoms with Crippen molar-refractivity contribution in [2.75, 3.05) is 0 Å². The van der Waals surface area contributed by atoms with Crippen LogP contribution in [0.1, 0.15) is 17.4 Å². The molecule has 0 fully saturated rings. The molecule has 0 radical (unpaired) electrons. The van der Waals surface area contributed by atoms with Gasteiger partial charge in [-0.1, -0.05) is 23.2 Å². The van der Waals surface area contributed by atoms with E-state index in [2.05, 4.69) is 20.6 Å². The Labute approximate surface area is 108 Å². The first-order chi connectivity index (χ1) is 8.20. The van der Waals surface area contributed by atoms with Crippen molar-refractivity contribution in [3.05, 3.63) is 46.0 Å². The number of hydrogen-bond acceptors (Lipinski definition) is 4. The maximum absolute atomic E-state index is 6.09. The summed E-state index contributed by atoms with van der Waals surface area (Å²) < 4.78 is 0. The van der Waals surface area contributed by atoms with Crippen LogP contribution in [0.5, 0.6) is 0 Å². The third kappa shape index (κ3) is 2.95. The zero-order chi connectivity index (χ0) is 12.3. The third-order valence-electron chi connectivity index (χ3n) is 2.40. The number of aromatic nitrogens is 3. The fourth-order valence-electron chi connectivity index (χ4n) is 1.54. The molecule has 0 aliphatic carbocycles. The van der Waals surface area contributed by atoms with Crippen molar-refractivity contribution in [3.8, 4) is 0 Å². The minimum atomic E-state index is -0.187. The van der Waals surface area contributed by atoms with Gasteiger partial charge in [0.2, 0.25) is 0 Å².